The molecular weight excluding hydrogens is 148 g/mol. The van der Waals surface area contributed by atoms with Crippen molar-refractivity contribution in [1.29, 1.82) is 0 Å². The van der Waals surface area contributed by atoms with Crippen LogP contribution in [0.2, 0.25) is 0 Å². The largest absolute Gasteiger partial charge is 0.326 e. The second kappa shape index (κ2) is 2.81. The smallest absolute Gasteiger partial charge is 0.243 e. The van der Waals surface area contributed by atoms with Gasteiger partial charge in [-0.15, -0.1) is 0 Å². The van der Waals surface area contributed by atoms with E-state index in [-0.39, 0.29) is 0 Å². The molecule has 0 aliphatic rings. The molecule has 2 rings (SSSR count). The molecule has 2 aromatic rings. The molecule has 0 unspecified atom stereocenters. The van der Waals surface area contributed by atoms with Gasteiger partial charge < -0.3 is 9.13 Å². The Morgan fingerprint density at radius 3 is 2.92 bits per heavy atom. The first-order valence-electron chi connectivity index (χ1n) is 5.15. The fraction of sp³-hybridized carbons (Fsp3) is 0.100. The van der Waals surface area contributed by atoms with Crippen LogP contribution in [-0.2, 0) is 6.98 Å². The first-order chi connectivity index (χ1) is 7.07. The summed E-state index contributed by atoms with van der Waals surface area (Å²) in [6.07, 6.45) is 5.89. The Morgan fingerprint density at radius 2 is 2.25 bits per heavy atom. The highest BCUT2D eigenvalue weighted by atomic mass is 15.1. The number of imidazole rings is 1. The minimum Gasteiger partial charge on any atom is -0.326 e. The third-order valence-electron chi connectivity index (χ3n) is 1.61. The molecular formula is C10H10N2. The molecule has 0 radical (unpaired) electrons. The van der Waals surface area contributed by atoms with Crippen LogP contribution in [0.1, 0.15) is 4.11 Å². The van der Waals surface area contributed by atoms with Crippen molar-refractivity contribution in [2.45, 2.75) is 0 Å². The number of hydrogen-bond donors (Lipinski definition) is 0. The van der Waals surface area contributed by atoms with Gasteiger partial charge in [-0.3, -0.25) is 0 Å². The van der Waals surface area contributed by atoms with Crippen LogP contribution in [0.5, 0.6) is 0 Å². The molecule has 60 valence electrons. The first kappa shape index (κ1) is 4.45. The Hall–Kier alpha value is -1.57. The lowest BCUT2D eigenvalue weighted by atomic mass is 10.3. The molecule has 1 heterocycles. The van der Waals surface area contributed by atoms with E-state index in [2.05, 4.69) is 6.33 Å². The fourth-order valence-corrected chi connectivity index (χ4v) is 1.05. The maximum atomic E-state index is 7.20. The van der Waals surface area contributed by atoms with Gasteiger partial charge in [0.1, 0.15) is 0 Å². The maximum absolute atomic E-state index is 7.20. The van der Waals surface area contributed by atoms with E-state index < -0.39 is 6.98 Å². The topological polar surface area (TPSA) is 8.81 Å². The Kier molecular flexibility index (Phi) is 1.04. The van der Waals surface area contributed by atoms with Crippen LogP contribution >= 0.6 is 0 Å². The van der Waals surface area contributed by atoms with Crippen molar-refractivity contribution in [2.75, 3.05) is 0 Å². The van der Waals surface area contributed by atoms with Crippen molar-refractivity contribution < 1.29 is 8.68 Å². The summed E-state index contributed by atoms with van der Waals surface area (Å²) in [4.78, 5) is 0. The van der Waals surface area contributed by atoms with Gasteiger partial charge in [-0.05, 0) is 0 Å². The Balaban J connectivity index is 2.37. The molecule has 0 N–H and O–H groups in total. The minimum absolute atomic E-state index is 0.889. The summed E-state index contributed by atoms with van der Waals surface area (Å²) in [5.41, 5.74) is 0.889. The fourth-order valence-electron chi connectivity index (χ4n) is 1.05. The number of rotatable bonds is 1. The summed E-state index contributed by atoms with van der Waals surface area (Å²) in [5.74, 6) is 0. The number of para-hydroxylation sites is 1. The van der Waals surface area contributed by atoms with Crippen LogP contribution in [0.4, 0.5) is 0 Å². The van der Waals surface area contributed by atoms with Gasteiger partial charge >= 0.3 is 0 Å². The van der Waals surface area contributed by atoms with E-state index in [0.29, 0.717) is 0 Å². The van der Waals surface area contributed by atoms with Gasteiger partial charge in [-0.2, -0.15) is 0 Å². The van der Waals surface area contributed by atoms with Gasteiger partial charge in [-0.25, -0.2) is 0 Å². The van der Waals surface area contributed by atoms with Crippen LogP contribution in [0.15, 0.2) is 42.7 Å². The molecule has 0 atom stereocenters. The molecule has 0 amide bonds. The summed E-state index contributed by atoms with van der Waals surface area (Å²) < 4.78 is 24.3. The lowest BCUT2D eigenvalue weighted by Crippen LogP contribution is -2.24. The molecule has 0 saturated heterocycles. The third kappa shape index (κ3) is 1.23. The normalized spacial score (nSPS) is 14.8. The highest BCUT2D eigenvalue weighted by Crippen LogP contribution is 2.03. The van der Waals surface area contributed by atoms with E-state index in [4.69, 9.17) is 4.11 Å². The molecule has 2 nitrogen and oxygen atoms in total. The molecule has 0 spiro atoms. The van der Waals surface area contributed by atoms with Crippen LogP contribution < -0.4 is 4.57 Å². The summed E-state index contributed by atoms with van der Waals surface area (Å²) in [5, 5.41) is 0. The zero-order valence-electron chi connectivity index (χ0n) is 9.44. The van der Waals surface area contributed by atoms with Crippen molar-refractivity contribution in [1.82, 2.24) is 4.57 Å². The zero-order valence-corrected chi connectivity index (χ0v) is 6.44. The van der Waals surface area contributed by atoms with Gasteiger partial charge in [0.05, 0.1) is 16.8 Å². The number of aromatic nitrogens is 2. The van der Waals surface area contributed by atoms with Crippen LogP contribution in [-0.4, -0.2) is 4.57 Å². The van der Waals surface area contributed by atoms with E-state index in [1.54, 1.807) is 10.8 Å². The second-order valence-electron chi connectivity index (χ2n) is 2.47. The maximum Gasteiger partial charge on any atom is 0.243 e. The van der Waals surface area contributed by atoms with E-state index in [0.717, 1.165) is 10.3 Å². The van der Waals surface area contributed by atoms with Crippen molar-refractivity contribution in [2.24, 2.45) is 6.98 Å². The zero-order chi connectivity index (χ0) is 10.9. The third-order valence-corrected chi connectivity index (χ3v) is 1.61. The lowest BCUT2D eigenvalue weighted by Gasteiger charge is -1.99. The Labute approximate surface area is 75.9 Å². The highest BCUT2D eigenvalue weighted by Gasteiger charge is 1.93. The Morgan fingerprint density at radius 1 is 1.42 bits per heavy atom. The lowest BCUT2D eigenvalue weighted by molar-refractivity contribution is -0.674. The average molecular weight is 161 g/mol. The summed E-state index contributed by atoms with van der Waals surface area (Å²) in [6.45, 7) is -2.17. The minimum atomic E-state index is -2.17. The monoisotopic (exact) mass is 161 g/mol. The summed E-state index contributed by atoms with van der Waals surface area (Å²) in [6, 6.07) is 9.47. The number of hydrogen-bond acceptors (Lipinski definition) is 0. The molecule has 2 heteroatoms. The van der Waals surface area contributed by atoms with Crippen LogP contribution in [0.3, 0.4) is 0 Å². The quantitative estimate of drug-likeness (QED) is 0.437. The molecule has 0 aliphatic carbocycles. The number of aryl methyl sites for hydroxylation is 1. The second-order valence-corrected chi connectivity index (χ2v) is 2.47. The predicted molar refractivity (Wildman–Crippen MR) is 45.8 cm³/mol. The molecule has 0 fully saturated rings. The van der Waals surface area contributed by atoms with Gasteiger partial charge in [0.2, 0.25) is 6.33 Å². The molecule has 1 aromatic heterocycles. The standard InChI is InChI=1S/C10H10N2/c1-11-7-8-12(9-11)10-5-3-2-4-6-10/h2-8H,1H3/i1D3. The van der Waals surface area contributed by atoms with E-state index >= 15 is 0 Å². The van der Waals surface area contributed by atoms with Crippen molar-refractivity contribution in [3.05, 3.63) is 49.1 Å². The van der Waals surface area contributed by atoms with Crippen molar-refractivity contribution in [3.63, 3.8) is 0 Å². The van der Waals surface area contributed by atoms with Crippen LogP contribution in [0, 0.1) is 6.33 Å². The molecule has 0 bridgehead atoms. The van der Waals surface area contributed by atoms with E-state index in [1.807, 2.05) is 30.3 Å². The molecule has 0 aliphatic heterocycles. The number of nitrogens with zero attached hydrogens (tertiary/aromatic N) is 2. The average Bonchev–Trinajstić information content (AvgIpc) is 2.67. The molecule has 0 saturated carbocycles. The van der Waals surface area contributed by atoms with Gasteiger partial charge in [-0.1, -0.05) is 30.3 Å². The summed E-state index contributed by atoms with van der Waals surface area (Å²) in [7, 11) is 0. The molecule has 1 aromatic carbocycles. The van der Waals surface area contributed by atoms with Crippen LogP contribution in [0.25, 0.3) is 5.69 Å². The summed E-state index contributed by atoms with van der Waals surface area (Å²) >= 11 is 0. The van der Waals surface area contributed by atoms with Crippen molar-refractivity contribution >= 4 is 0 Å². The van der Waals surface area contributed by atoms with E-state index in [9.17, 15) is 0 Å². The van der Waals surface area contributed by atoms with Crippen molar-refractivity contribution in [3.8, 4) is 5.69 Å². The van der Waals surface area contributed by atoms with E-state index in [1.165, 1.54) is 6.20 Å². The SMILES string of the molecule is [2H]C([2H])([2H])[n+]1[c-]n(-c2ccccc2)cc1. The molecule has 12 heavy (non-hydrogen) atoms. The van der Waals surface area contributed by atoms with Gasteiger partial charge in [0.25, 0.3) is 0 Å². The highest BCUT2D eigenvalue weighted by molar-refractivity contribution is 5.29. The van der Waals surface area contributed by atoms with Gasteiger partial charge in [0.15, 0.2) is 0 Å². The Bertz CT molecular complexity index is 445. The number of benzene rings is 1. The van der Waals surface area contributed by atoms with Gasteiger partial charge in [0, 0.05) is 12.4 Å². The first-order valence-corrected chi connectivity index (χ1v) is 3.65. The predicted octanol–water partition coefficient (Wildman–Crippen LogP) is 1.10.